The van der Waals surface area contributed by atoms with Gasteiger partial charge < -0.3 is 15.0 Å². The minimum atomic E-state index is -0.612. The predicted molar refractivity (Wildman–Crippen MR) is 155 cm³/mol. The number of methoxy groups -OCH3 is 1. The molecule has 0 saturated carbocycles. The lowest BCUT2D eigenvalue weighted by molar-refractivity contribution is -0.385. The van der Waals surface area contributed by atoms with Crippen molar-refractivity contribution in [3.63, 3.8) is 0 Å². The number of nitro groups is 1. The van der Waals surface area contributed by atoms with Gasteiger partial charge in [-0.3, -0.25) is 20.2 Å². The number of nitro benzene ring substituents is 1. The molecule has 12 heteroatoms. The number of fused-ring (bicyclic) bond motifs is 1. The Balaban J connectivity index is 1.53. The first-order valence-corrected chi connectivity index (χ1v) is 12.7. The van der Waals surface area contributed by atoms with Gasteiger partial charge in [0, 0.05) is 36.1 Å². The van der Waals surface area contributed by atoms with E-state index in [1.807, 2.05) is 32.0 Å². The number of aryl methyl sites for hydroxylation is 2. The monoisotopic (exact) mass is 547 g/mol. The summed E-state index contributed by atoms with van der Waals surface area (Å²) in [4.78, 5) is 27.3. The number of ether oxygens (including phenoxy) is 1. The SMILES string of the molecule is CCN(CC)c1ccc(-n2nc3cc(C)c(NC(=S)NC(=O)c4ccc(OC)c([N+](=O)[O-])c4)cc3n2)c(C)c1. The van der Waals surface area contributed by atoms with Gasteiger partial charge in [0.05, 0.1) is 17.7 Å². The molecule has 3 aromatic carbocycles. The van der Waals surface area contributed by atoms with Crippen LogP contribution in [0.15, 0.2) is 48.5 Å². The predicted octanol–water partition coefficient (Wildman–Crippen LogP) is 4.93. The highest BCUT2D eigenvalue weighted by Gasteiger charge is 2.19. The quantitative estimate of drug-likeness (QED) is 0.179. The van der Waals surface area contributed by atoms with E-state index in [4.69, 9.17) is 17.0 Å². The van der Waals surface area contributed by atoms with E-state index in [9.17, 15) is 14.9 Å². The van der Waals surface area contributed by atoms with Gasteiger partial charge in [0.2, 0.25) is 0 Å². The molecule has 0 fully saturated rings. The van der Waals surface area contributed by atoms with E-state index >= 15 is 0 Å². The van der Waals surface area contributed by atoms with Gasteiger partial charge in [-0.25, -0.2) is 0 Å². The van der Waals surface area contributed by atoms with Gasteiger partial charge in [-0.2, -0.15) is 4.80 Å². The summed E-state index contributed by atoms with van der Waals surface area (Å²) < 4.78 is 4.98. The number of nitrogens with zero attached hydrogens (tertiary/aromatic N) is 5. The third-order valence-electron chi connectivity index (χ3n) is 6.36. The highest BCUT2D eigenvalue weighted by Crippen LogP contribution is 2.28. The number of amides is 1. The van der Waals surface area contributed by atoms with E-state index in [0.29, 0.717) is 16.7 Å². The molecule has 1 heterocycles. The highest BCUT2D eigenvalue weighted by atomic mass is 32.1. The summed E-state index contributed by atoms with van der Waals surface area (Å²) in [7, 11) is 1.32. The van der Waals surface area contributed by atoms with Crippen molar-refractivity contribution >= 4 is 51.3 Å². The summed E-state index contributed by atoms with van der Waals surface area (Å²) in [5.41, 5.74) is 5.70. The maximum Gasteiger partial charge on any atom is 0.311 e. The molecule has 11 nitrogen and oxygen atoms in total. The van der Waals surface area contributed by atoms with Crippen LogP contribution in [-0.2, 0) is 0 Å². The number of carbonyl (C=O) groups excluding carboxylic acids is 1. The molecule has 202 valence electrons. The van der Waals surface area contributed by atoms with Gasteiger partial charge in [-0.05, 0) is 93.5 Å². The molecular formula is C27H29N7O4S. The van der Waals surface area contributed by atoms with E-state index in [0.717, 1.165) is 41.7 Å². The minimum Gasteiger partial charge on any atom is -0.490 e. The van der Waals surface area contributed by atoms with Crippen LogP contribution in [0.5, 0.6) is 5.75 Å². The molecule has 39 heavy (non-hydrogen) atoms. The molecule has 0 spiro atoms. The topological polar surface area (TPSA) is 127 Å². The fourth-order valence-electron chi connectivity index (χ4n) is 4.26. The Morgan fingerprint density at radius 3 is 2.36 bits per heavy atom. The molecule has 0 aliphatic carbocycles. The van der Waals surface area contributed by atoms with Crippen LogP contribution in [0.1, 0.15) is 35.3 Å². The first-order valence-electron chi connectivity index (χ1n) is 12.3. The molecule has 0 aliphatic heterocycles. The average Bonchev–Trinajstić information content (AvgIpc) is 3.31. The standard InChI is InChI=1S/C27H29N7O4S/c1-6-32(7-2)19-9-10-23(17(4)12-19)33-30-21-13-16(3)20(15-22(21)31-33)28-27(39)29-26(35)18-8-11-25(38-5)24(14-18)34(36)37/h8-15H,6-7H2,1-5H3,(H2,28,29,35,39). The van der Waals surface area contributed by atoms with Crippen molar-refractivity contribution < 1.29 is 14.5 Å². The number of hydrogen-bond acceptors (Lipinski definition) is 8. The normalized spacial score (nSPS) is 10.8. The van der Waals surface area contributed by atoms with Crippen LogP contribution in [-0.4, -0.2) is 51.1 Å². The molecular weight excluding hydrogens is 518 g/mol. The van der Waals surface area contributed by atoms with E-state index in [-0.39, 0.29) is 22.1 Å². The van der Waals surface area contributed by atoms with Gasteiger partial charge in [-0.15, -0.1) is 10.2 Å². The lowest BCUT2D eigenvalue weighted by Gasteiger charge is -2.22. The lowest BCUT2D eigenvalue weighted by atomic mass is 10.1. The van der Waals surface area contributed by atoms with Crippen molar-refractivity contribution in [2.75, 3.05) is 30.4 Å². The van der Waals surface area contributed by atoms with Gasteiger partial charge in [-0.1, -0.05) is 0 Å². The zero-order chi connectivity index (χ0) is 28.3. The van der Waals surface area contributed by atoms with Gasteiger partial charge in [0.1, 0.15) is 11.0 Å². The summed E-state index contributed by atoms with van der Waals surface area (Å²) in [6, 6.07) is 13.8. The molecule has 0 bridgehead atoms. The van der Waals surface area contributed by atoms with Crippen LogP contribution < -0.4 is 20.3 Å². The van der Waals surface area contributed by atoms with Crippen molar-refractivity contribution in [1.82, 2.24) is 20.3 Å². The van der Waals surface area contributed by atoms with Crippen LogP contribution >= 0.6 is 12.2 Å². The fraction of sp³-hybridized carbons (Fsp3) is 0.259. The number of thiocarbonyl (C=S) groups is 1. The Labute approximate surface area is 230 Å². The van der Waals surface area contributed by atoms with Gasteiger partial charge in [0.15, 0.2) is 10.9 Å². The number of carbonyl (C=O) groups is 1. The van der Waals surface area contributed by atoms with E-state index in [1.165, 1.54) is 19.2 Å². The van der Waals surface area contributed by atoms with Crippen LogP contribution in [0.2, 0.25) is 0 Å². The number of benzene rings is 3. The minimum absolute atomic E-state index is 0.0381. The number of rotatable bonds is 8. The average molecular weight is 548 g/mol. The molecule has 0 saturated heterocycles. The maximum atomic E-state index is 12.7. The van der Waals surface area contributed by atoms with Crippen LogP contribution in [0.3, 0.4) is 0 Å². The summed E-state index contributed by atoms with van der Waals surface area (Å²) in [5.74, 6) is -0.532. The zero-order valence-electron chi connectivity index (χ0n) is 22.3. The molecule has 0 unspecified atom stereocenters. The molecule has 0 radical (unpaired) electrons. The lowest BCUT2D eigenvalue weighted by Crippen LogP contribution is -2.34. The summed E-state index contributed by atoms with van der Waals surface area (Å²) in [6.45, 7) is 10.0. The number of nitrogens with one attached hydrogen (secondary N) is 2. The van der Waals surface area contributed by atoms with Crippen molar-refractivity contribution in [3.05, 3.63) is 75.3 Å². The molecule has 1 aromatic heterocycles. The van der Waals surface area contributed by atoms with Crippen LogP contribution in [0, 0.1) is 24.0 Å². The van der Waals surface area contributed by atoms with Crippen molar-refractivity contribution in [2.24, 2.45) is 0 Å². The van der Waals surface area contributed by atoms with Crippen LogP contribution in [0.4, 0.5) is 17.1 Å². The second-order valence-electron chi connectivity index (χ2n) is 8.84. The third-order valence-corrected chi connectivity index (χ3v) is 6.57. The third kappa shape index (κ3) is 5.80. The second kappa shape index (κ2) is 11.4. The Morgan fingerprint density at radius 2 is 1.74 bits per heavy atom. The summed E-state index contributed by atoms with van der Waals surface area (Å²) >= 11 is 5.33. The molecule has 4 rings (SSSR count). The molecule has 0 aliphatic rings. The van der Waals surface area contributed by atoms with Crippen LogP contribution in [0.25, 0.3) is 16.7 Å². The van der Waals surface area contributed by atoms with Gasteiger partial charge >= 0.3 is 5.69 Å². The number of aromatic nitrogens is 3. The number of hydrogen-bond donors (Lipinski definition) is 2. The number of anilines is 2. The highest BCUT2D eigenvalue weighted by molar-refractivity contribution is 7.80. The first kappa shape index (κ1) is 27.5. The molecule has 0 atom stereocenters. The second-order valence-corrected chi connectivity index (χ2v) is 9.25. The van der Waals surface area contributed by atoms with E-state index in [2.05, 4.69) is 51.7 Å². The van der Waals surface area contributed by atoms with Crippen molar-refractivity contribution in [2.45, 2.75) is 27.7 Å². The maximum absolute atomic E-state index is 12.7. The smallest absolute Gasteiger partial charge is 0.311 e. The van der Waals surface area contributed by atoms with E-state index < -0.39 is 10.8 Å². The summed E-state index contributed by atoms with van der Waals surface area (Å²) in [6.07, 6.45) is 0. The Kier molecular flexibility index (Phi) is 8.05. The Morgan fingerprint density at radius 1 is 1.05 bits per heavy atom. The van der Waals surface area contributed by atoms with E-state index in [1.54, 1.807) is 4.80 Å². The Hall–Kier alpha value is -4.58. The summed E-state index contributed by atoms with van der Waals surface area (Å²) in [5, 5.41) is 26.2. The first-order chi connectivity index (χ1) is 18.6. The Bertz CT molecular complexity index is 1580. The van der Waals surface area contributed by atoms with Crippen molar-refractivity contribution in [1.29, 1.82) is 0 Å². The zero-order valence-corrected chi connectivity index (χ0v) is 23.1. The molecule has 1 amide bonds. The van der Waals surface area contributed by atoms with Crippen molar-refractivity contribution in [3.8, 4) is 11.4 Å². The molecule has 4 aromatic rings. The fourth-order valence-corrected chi connectivity index (χ4v) is 4.47. The molecule has 2 N–H and O–H groups in total. The van der Waals surface area contributed by atoms with Gasteiger partial charge in [0.25, 0.3) is 5.91 Å². The largest absolute Gasteiger partial charge is 0.490 e.